The van der Waals surface area contributed by atoms with E-state index in [1.807, 2.05) is 18.2 Å². The molecule has 7 heteroatoms. The predicted molar refractivity (Wildman–Crippen MR) is 83.8 cm³/mol. The quantitative estimate of drug-likeness (QED) is 0.596. The average molecular weight is 307 g/mol. The van der Waals surface area contributed by atoms with E-state index >= 15 is 0 Å². The largest absolute Gasteiger partial charge is 0.398 e. The highest BCUT2D eigenvalue weighted by atomic mass is 32.2. The zero-order chi connectivity index (χ0) is 14.6. The van der Waals surface area contributed by atoms with Crippen molar-refractivity contribution in [3.8, 4) is 0 Å². The molecule has 2 aromatic carbocycles. The maximum atomic E-state index is 12.1. The summed E-state index contributed by atoms with van der Waals surface area (Å²) in [4.78, 5) is -0.00258. The van der Waals surface area contributed by atoms with Gasteiger partial charge in [-0.05, 0) is 36.5 Å². The fraction of sp³-hybridized carbons (Fsp3) is 0. The van der Waals surface area contributed by atoms with Crippen LogP contribution in [0.3, 0.4) is 0 Å². The van der Waals surface area contributed by atoms with E-state index in [9.17, 15) is 8.42 Å². The second kappa shape index (κ2) is 5.89. The smallest absolute Gasteiger partial charge is 0.265 e. The lowest BCUT2D eigenvalue weighted by Gasteiger charge is -2.12. The standard InChI is InChI=1S/C13H13N3O2S2/c14-11-8-4-5-9-12(11)20(17,18)16-13(19)15-10-6-2-1-3-7-10/h1-9H,14H2,(H2,15,16,19). The number of hydrogen-bond donors (Lipinski definition) is 3. The van der Waals surface area contributed by atoms with Crippen LogP contribution in [0.5, 0.6) is 0 Å². The summed E-state index contributed by atoms with van der Waals surface area (Å²) in [6.45, 7) is 0. The number of hydrogen-bond acceptors (Lipinski definition) is 4. The lowest BCUT2D eigenvalue weighted by atomic mass is 10.3. The number of sulfonamides is 1. The lowest BCUT2D eigenvalue weighted by molar-refractivity contribution is 0.593. The normalized spacial score (nSPS) is 10.8. The molecule has 4 N–H and O–H groups in total. The molecule has 104 valence electrons. The van der Waals surface area contributed by atoms with Crippen molar-refractivity contribution in [1.29, 1.82) is 0 Å². The van der Waals surface area contributed by atoms with Gasteiger partial charge in [-0.3, -0.25) is 4.72 Å². The van der Waals surface area contributed by atoms with Gasteiger partial charge in [-0.2, -0.15) is 0 Å². The molecular weight excluding hydrogens is 294 g/mol. The van der Waals surface area contributed by atoms with Gasteiger partial charge in [-0.25, -0.2) is 8.42 Å². The number of thiocarbonyl (C=S) groups is 1. The van der Waals surface area contributed by atoms with Crippen LogP contribution in [0.4, 0.5) is 11.4 Å². The van der Waals surface area contributed by atoms with E-state index in [0.29, 0.717) is 5.69 Å². The highest BCUT2D eigenvalue weighted by Crippen LogP contribution is 2.17. The minimum Gasteiger partial charge on any atom is -0.398 e. The Hall–Kier alpha value is -2.12. The molecule has 0 saturated carbocycles. The van der Waals surface area contributed by atoms with Crippen molar-refractivity contribution < 1.29 is 8.42 Å². The number of nitrogens with one attached hydrogen (secondary N) is 2. The van der Waals surface area contributed by atoms with Crippen molar-refractivity contribution in [2.75, 3.05) is 11.1 Å². The van der Waals surface area contributed by atoms with E-state index in [4.69, 9.17) is 18.0 Å². The van der Waals surface area contributed by atoms with E-state index in [-0.39, 0.29) is 15.7 Å². The molecule has 0 aliphatic rings. The first-order chi connectivity index (χ1) is 9.49. The third-order valence-corrected chi connectivity index (χ3v) is 4.22. The Morgan fingerprint density at radius 3 is 2.25 bits per heavy atom. The summed E-state index contributed by atoms with van der Waals surface area (Å²) in [6, 6.07) is 15.2. The Balaban J connectivity index is 2.13. The van der Waals surface area contributed by atoms with E-state index in [1.165, 1.54) is 12.1 Å². The molecule has 0 aromatic heterocycles. The Kier molecular flexibility index (Phi) is 4.21. The van der Waals surface area contributed by atoms with Crippen LogP contribution in [0.25, 0.3) is 0 Å². The van der Waals surface area contributed by atoms with Gasteiger partial charge >= 0.3 is 0 Å². The Bertz CT molecular complexity index is 715. The lowest BCUT2D eigenvalue weighted by Crippen LogP contribution is -2.34. The molecule has 0 aliphatic heterocycles. The fourth-order valence-corrected chi connectivity index (χ4v) is 3.07. The molecule has 0 radical (unpaired) electrons. The second-order valence-electron chi connectivity index (χ2n) is 3.96. The van der Waals surface area contributed by atoms with Crippen LogP contribution < -0.4 is 15.8 Å². The summed E-state index contributed by atoms with van der Waals surface area (Å²) in [6.07, 6.45) is 0. The van der Waals surface area contributed by atoms with Gasteiger partial charge in [-0.15, -0.1) is 0 Å². The van der Waals surface area contributed by atoms with Crippen molar-refractivity contribution in [3.05, 3.63) is 54.6 Å². The molecule has 0 fully saturated rings. The topological polar surface area (TPSA) is 84.2 Å². The number of nitrogen functional groups attached to an aromatic ring is 1. The Morgan fingerprint density at radius 1 is 1.00 bits per heavy atom. The number of rotatable bonds is 3. The first kappa shape index (κ1) is 14.3. The monoisotopic (exact) mass is 307 g/mol. The average Bonchev–Trinajstić information content (AvgIpc) is 2.39. The van der Waals surface area contributed by atoms with E-state index in [1.54, 1.807) is 24.3 Å². The zero-order valence-corrected chi connectivity index (χ0v) is 12.0. The SMILES string of the molecule is Nc1ccccc1S(=O)(=O)NC(=S)Nc1ccccc1. The van der Waals surface area contributed by atoms with Crippen LogP contribution in [0, 0.1) is 0 Å². The highest BCUT2D eigenvalue weighted by Gasteiger charge is 2.18. The summed E-state index contributed by atoms with van der Waals surface area (Å²) >= 11 is 4.99. The maximum Gasteiger partial charge on any atom is 0.265 e. The van der Waals surface area contributed by atoms with Crippen molar-refractivity contribution in [2.45, 2.75) is 4.90 Å². The molecule has 0 heterocycles. The number of para-hydroxylation sites is 2. The first-order valence-corrected chi connectivity index (χ1v) is 7.61. The molecule has 5 nitrogen and oxygen atoms in total. The summed E-state index contributed by atoms with van der Waals surface area (Å²) in [5.74, 6) is 0. The molecule has 2 rings (SSSR count). The van der Waals surface area contributed by atoms with Gasteiger partial charge in [0.1, 0.15) is 4.90 Å². The van der Waals surface area contributed by atoms with Gasteiger partial charge in [0, 0.05) is 5.69 Å². The van der Waals surface area contributed by atoms with E-state index < -0.39 is 10.0 Å². The van der Waals surface area contributed by atoms with Gasteiger partial charge < -0.3 is 11.1 Å². The summed E-state index contributed by atoms with van der Waals surface area (Å²) < 4.78 is 26.5. The number of anilines is 2. The first-order valence-electron chi connectivity index (χ1n) is 5.72. The van der Waals surface area contributed by atoms with Gasteiger partial charge in [0.2, 0.25) is 0 Å². The molecule has 20 heavy (non-hydrogen) atoms. The van der Waals surface area contributed by atoms with Crippen LogP contribution >= 0.6 is 12.2 Å². The van der Waals surface area contributed by atoms with Crippen LogP contribution in [0.15, 0.2) is 59.5 Å². The molecule has 0 aliphatic carbocycles. The van der Waals surface area contributed by atoms with E-state index in [2.05, 4.69) is 10.0 Å². The zero-order valence-electron chi connectivity index (χ0n) is 10.4. The second-order valence-corrected chi connectivity index (χ2v) is 6.02. The molecule has 0 bridgehead atoms. The van der Waals surface area contributed by atoms with Crippen LogP contribution in [-0.4, -0.2) is 13.5 Å². The number of nitrogens with two attached hydrogens (primary N) is 1. The van der Waals surface area contributed by atoms with Crippen molar-refractivity contribution in [2.24, 2.45) is 0 Å². The molecule has 0 spiro atoms. The van der Waals surface area contributed by atoms with E-state index in [0.717, 1.165) is 0 Å². The summed E-state index contributed by atoms with van der Waals surface area (Å²) in [5.41, 5.74) is 6.52. The van der Waals surface area contributed by atoms with Gasteiger partial charge in [0.25, 0.3) is 10.0 Å². The maximum absolute atomic E-state index is 12.1. The molecule has 0 amide bonds. The van der Waals surface area contributed by atoms with Gasteiger partial charge in [0.05, 0.1) is 5.69 Å². The molecule has 0 atom stereocenters. The van der Waals surface area contributed by atoms with Crippen molar-refractivity contribution in [3.63, 3.8) is 0 Å². The fourth-order valence-electron chi connectivity index (χ4n) is 1.58. The Morgan fingerprint density at radius 2 is 1.60 bits per heavy atom. The third-order valence-electron chi connectivity index (χ3n) is 2.47. The van der Waals surface area contributed by atoms with Gasteiger partial charge in [-0.1, -0.05) is 30.3 Å². The van der Waals surface area contributed by atoms with Crippen LogP contribution in [0.1, 0.15) is 0 Å². The van der Waals surface area contributed by atoms with Crippen LogP contribution in [-0.2, 0) is 10.0 Å². The molecule has 2 aromatic rings. The molecule has 0 saturated heterocycles. The van der Waals surface area contributed by atoms with Crippen molar-refractivity contribution in [1.82, 2.24) is 4.72 Å². The summed E-state index contributed by atoms with van der Waals surface area (Å²) in [5, 5.41) is 2.77. The minimum absolute atomic E-state index is 0.00258. The van der Waals surface area contributed by atoms with Gasteiger partial charge in [0.15, 0.2) is 5.11 Å². The van der Waals surface area contributed by atoms with Crippen LogP contribution in [0.2, 0.25) is 0 Å². The molecule has 0 unspecified atom stereocenters. The molecular formula is C13H13N3O2S2. The minimum atomic E-state index is -3.79. The number of benzene rings is 2. The predicted octanol–water partition coefficient (Wildman–Crippen LogP) is 1.94. The van der Waals surface area contributed by atoms with Crippen molar-refractivity contribution >= 4 is 38.7 Å². The summed E-state index contributed by atoms with van der Waals surface area (Å²) in [7, 11) is -3.79. The Labute approximate surface area is 122 Å². The highest BCUT2D eigenvalue weighted by molar-refractivity contribution is 7.92. The third kappa shape index (κ3) is 3.46.